The van der Waals surface area contributed by atoms with E-state index in [1.807, 2.05) is 0 Å². The third-order valence-corrected chi connectivity index (χ3v) is 1.79. The molecule has 0 aliphatic heterocycles. The quantitative estimate of drug-likeness (QED) is 0.346. The molecule has 0 bridgehead atoms. The van der Waals surface area contributed by atoms with Gasteiger partial charge in [0.1, 0.15) is 11.7 Å². The standard InChI is InChI=1S/C8H11BrO3.Na.H/c1-6(10)7(8(11)12)4-2-3-5-9;;/h2-3,7H,4-5H2,1H3,(H,11,12);;. The van der Waals surface area contributed by atoms with E-state index >= 15 is 0 Å². The van der Waals surface area contributed by atoms with Crippen LogP contribution in [0.15, 0.2) is 12.2 Å². The van der Waals surface area contributed by atoms with Crippen LogP contribution in [-0.4, -0.2) is 51.7 Å². The summed E-state index contributed by atoms with van der Waals surface area (Å²) in [4.78, 5) is 21.2. The van der Waals surface area contributed by atoms with Gasteiger partial charge in [0.25, 0.3) is 0 Å². The molecule has 13 heavy (non-hydrogen) atoms. The Kier molecular flexibility index (Phi) is 10.9. The summed E-state index contributed by atoms with van der Waals surface area (Å²) < 4.78 is 0. The molecule has 0 fully saturated rings. The van der Waals surface area contributed by atoms with Crippen molar-refractivity contribution in [3.8, 4) is 0 Å². The molecule has 0 radical (unpaired) electrons. The van der Waals surface area contributed by atoms with Crippen LogP contribution in [0.1, 0.15) is 13.3 Å². The van der Waals surface area contributed by atoms with Crippen LogP contribution in [0.4, 0.5) is 0 Å². The first-order valence-corrected chi connectivity index (χ1v) is 4.66. The molecular formula is C8H12BrNaO3. The van der Waals surface area contributed by atoms with Crippen LogP contribution in [0.25, 0.3) is 0 Å². The first-order valence-electron chi connectivity index (χ1n) is 3.53. The topological polar surface area (TPSA) is 54.4 Å². The van der Waals surface area contributed by atoms with Gasteiger partial charge in [-0.05, 0) is 13.3 Å². The maximum absolute atomic E-state index is 10.8. The number of hydrogen-bond acceptors (Lipinski definition) is 2. The van der Waals surface area contributed by atoms with E-state index in [-0.39, 0.29) is 41.8 Å². The van der Waals surface area contributed by atoms with Crippen LogP contribution in [0, 0.1) is 5.92 Å². The number of Topliss-reactive ketones (excluding diaryl/α,β-unsaturated/α-hetero) is 1. The monoisotopic (exact) mass is 258 g/mol. The number of carboxylic acid groups (broad SMARTS) is 1. The second-order valence-electron chi connectivity index (χ2n) is 2.36. The van der Waals surface area contributed by atoms with Gasteiger partial charge in [-0.3, -0.25) is 9.59 Å². The Labute approximate surface area is 108 Å². The van der Waals surface area contributed by atoms with Crippen LogP contribution >= 0.6 is 15.9 Å². The number of aliphatic carboxylic acids is 1. The number of hydrogen-bond donors (Lipinski definition) is 1. The van der Waals surface area contributed by atoms with Gasteiger partial charge < -0.3 is 5.11 Å². The van der Waals surface area contributed by atoms with Gasteiger partial charge in [0.05, 0.1) is 0 Å². The summed E-state index contributed by atoms with van der Waals surface area (Å²) in [6.45, 7) is 1.29. The number of alkyl halides is 1. The minimum atomic E-state index is -1.05. The van der Waals surface area contributed by atoms with Gasteiger partial charge in [0.15, 0.2) is 0 Å². The Morgan fingerprint density at radius 2 is 2.00 bits per heavy atom. The predicted octanol–water partition coefficient (Wildman–Crippen LogP) is 0.969. The molecule has 0 aromatic carbocycles. The molecule has 5 heteroatoms. The van der Waals surface area contributed by atoms with E-state index in [0.717, 1.165) is 0 Å². The molecule has 1 unspecified atom stereocenters. The van der Waals surface area contributed by atoms with E-state index in [1.54, 1.807) is 12.2 Å². The number of carbonyl (C=O) groups excluding carboxylic acids is 1. The zero-order valence-corrected chi connectivity index (χ0v) is 8.37. The molecule has 0 rings (SSSR count). The summed E-state index contributed by atoms with van der Waals surface area (Å²) in [7, 11) is 0. The van der Waals surface area contributed by atoms with Crippen molar-refractivity contribution < 1.29 is 14.7 Å². The average molecular weight is 259 g/mol. The number of ketones is 1. The van der Waals surface area contributed by atoms with E-state index in [0.29, 0.717) is 5.33 Å². The first-order chi connectivity index (χ1) is 5.59. The van der Waals surface area contributed by atoms with Crippen LogP contribution in [0.3, 0.4) is 0 Å². The zero-order valence-electron chi connectivity index (χ0n) is 6.79. The summed E-state index contributed by atoms with van der Waals surface area (Å²) in [5, 5.41) is 9.25. The number of allylic oxidation sites excluding steroid dienone is 2. The fourth-order valence-corrected chi connectivity index (χ4v) is 1.00. The van der Waals surface area contributed by atoms with Crippen molar-refractivity contribution in [3.63, 3.8) is 0 Å². The van der Waals surface area contributed by atoms with Gasteiger partial charge in [-0.1, -0.05) is 28.1 Å². The summed E-state index contributed by atoms with van der Waals surface area (Å²) in [6, 6.07) is 0. The molecule has 0 aromatic rings. The maximum atomic E-state index is 10.8. The second-order valence-corrected chi connectivity index (χ2v) is 3.01. The van der Waals surface area contributed by atoms with Crippen molar-refractivity contribution >= 4 is 57.2 Å². The SMILES string of the molecule is CC(=O)C(CC=CCBr)C(=O)O.[NaH]. The molecule has 0 spiro atoms. The zero-order chi connectivity index (χ0) is 9.56. The molecule has 70 valence electrons. The Bertz CT molecular complexity index is 190. The fraction of sp³-hybridized carbons (Fsp3) is 0.500. The van der Waals surface area contributed by atoms with E-state index in [9.17, 15) is 9.59 Å². The second kappa shape index (κ2) is 8.94. The van der Waals surface area contributed by atoms with Gasteiger partial charge in [-0.25, -0.2) is 0 Å². The minimum absolute atomic E-state index is 0. The van der Waals surface area contributed by atoms with Crippen molar-refractivity contribution in [1.82, 2.24) is 0 Å². The summed E-state index contributed by atoms with van der Waals surface area (Å²) in [5.41, 5.74) is 0. The van der Waals surface area contributed by atoms with E-state index in [1.165, 1.54) is 6.92 Å². The molecule has 0 aliphatic rings. The number of rotatable bonds is 5. The number of carbonyl (C=O) groups is 2. The van der Waals surface area contributed by atoms with Crippen molar-refractivity contribution in [2.45, 2.75) is 13.3 Å². The molecule has 0 heterocycles. The van der Waals surface area contributed by atoms with Gasteiger partial charge in [-0.15, -0.1) is 0 Å². The average Bonchev–Trinajstić information content (AvgIpc) is 1.96. The fourth-order valence-electron chi connectivity index (χ4n) is 0.736. The Balaban J connectivity index is 0. The van der Waals surface area contributed by atoms with Crippen LogP contribution in [0.5, 0.6) is 0 Å². The van der Waals surface area contributed by atoms with Gasteiger partial charge in [0.2, 0.25) is 0 Å². The molecule has 0 amide bonds. The van der Waals surface area contributed by atoms with E-state index in [2.05, 4.69) is 15.9 Å². The Morgan fingerprint density at radius 1 is 1.46 bits per heavy atom. The molecule has 3 nitrogen and oxygen atoms in total. The normalized spacial score (nSPS) is 12.2. The third kappa shape index (κ3) is 7.43. The number of halogens is 1. The van der Waals surface area contributed by atoms with Crippen molar-refractivity contribution in [2.75, 3.05) is 5.33 Å². The molecule has 0 aliphatic carbocycles. The molecule has 0 saturated heterocycles. The number of carboxylic acids is 1. The molecule has 1 N–H and O–H groups in total. The van der Waals surface area contributed by atoms with Crippen LogP contribution in [-0.2, 0) is 9.59 Å². The molecular weight excluding hydrogens is 247 g/mol. The van der Waals surface area contributed by atoms with Crippen LogP contribution < -0.4 is 0 Å². The van der Waals surface area contributed by atoms with Gasteiger partial charge in [-0.2, -0.15) is 0 Å². The van der Waals surface area contributed by atoms with Crippen molar-refractivity contribution in [3.05, 3.63) is 12.2 Å². The van der Waals surface area contributed by atoms with E-state index < -0.39 is 11.9 Å². The van der Waals surface area contributed by atoms with Crippen LogP contribution in [0.2, 0.25) is 0 Å². The first kappa shape index (κ1) is 15.8. The molecule has 1 atom stereocenters. The summed E-state index contributed by atoms with van der Waals surface area (Å²) in [5.74, 6) is -2.25. The van der Waals surface area contributed by atoms with Crippen molar-refractivity contribution in [2.24, 2.45) is 5.92 Å². The summed E-state index contributed by atoms with van der Waals surface area (Å²) in [6.07, 6.45) is 3.74. The summed E-state index contributed by atoms with van der Waals surface area (Å²) >= 11 is 3.15. The predicted molar refractivity (Wildman–Crippen MR) is 56.5 cm³/mol. The van der Waals surface area contributed by atoms with E-state index in [4.69, 9.17) is 5.11 Å². The Hall–Kier alpha value is 0.360. The third-order valence-electron chi connectivity index (χ3n) is 1.42. The molecule has 0 saturated carbocycles. The Morgan fingerprint density at radius 3 is 2.31 bits per heavy atom. The molecule has 0 aromatic heterocycles. The van der Waals surface area contributed by atoms with Gasteiger partial charge in [0, 0.05) is 5.33 Å². The van der Waals surface area contributed by atoms with Crippen molar-refractivity contribution in [1.29, 1.82) is 0 Å². The van der Waals surface area contributed by atoms with Gasteiger partial charge >= 0.3 is 35.5 Å².